The van der Waals surface area contributed by atoms with Gasteiger partial charge in [-0.1, -0.05) is 12.1 Å². The highest BCUT2D eigenvalue weighted by molar-refractivity contribution is 5.64. The molecule has 2 fully saturated rings. The highest BCUT2D eigenvalue weighted by Gasteiger charge is 2.43. The number of pyridine rings is 2. The number of nitrogens with one attached hydrogen (secondary N) is 1. The number of benzene rings is 1. The van der Waals surface area contributed by atoms with Gasteiger partial charge >= 0.3 is 0 Å². The molecule has 3 aromatic heterocycles. The summed E-state index contributed by atoms with van der Waals surface area (Å²) in [4.78, 5) is 13.3. The molecular weight excluding hydrogens is 425 g/mol. The third-order valence-electron chi connectivity index (χ3n) is 5.86. The largest absolute Gasteiger partial charge is 0.469 e. The van der Waals surface area contributed by atoms with Crippen LogP contribution in [0.2, 0.25) is 0 Å². The predicted octanol–water partition coefficient (Wildman–Crippen LogP) is 3.67. The molecule has 33 heavy (non-hydrogen) atoms. The van der Waals surface area contributed by atoms with Crippen LogP contribution in [0.5, 0.6) is 5.88 Å². The predicted molar refractivity (Wildman–Crippen MR) is 117 cm³/mol. The molecule has 0 bridgehead atoms. The molecule has 5 heterocycles. The van der Waals surface area contributed by atoms with Gasteiger partial charge in [-0.05, 0) is 36.8 Å². The Morgan fingerprint density at radius 1 is 0.970 bits per heavy atom. The lowest BCUT2D eigenvalue weighted by Crippen LogP contribution is -2.32. The number of aromatic nitrogens is 5. The van der Waals surface area contributed by atoms with Crippen LogP contribution in [0.1, 0.15) is 6.42 Å². The molecule has 0 amide bonds. The number of hydrogen-bond acceptors (Lipinski definition) is 7. The van der Waals surface area contributed by atoms with Crippen LogP contribution >= 0.6 is 0 Å². The van der Waals surface area contributed by atoms with Crippen LogP contribution in [-0.4, -0.2) is 56.7 Å². The fourth-order valence-electron chi connectivity index (χ4n) is 4.15. The number of nitrogens with zero attached hydrogens (tertiary/aromatic N) is 4. The highest BCUT2D eigenvalue weighted by Crippen LogP contribution is 2.30. The van der Waals surface area contributed by atoms with E-state index < -0.39 is 0 Å². The smallest absolute Gasteiger partial charge is 0.213 e. The summed E-state index contributed by atoms with van der Waals surface area (Å²) in [7, 11) is 0. The van der Waals surface area contributed by atoms with E-state index in [-0.39, 0.29) is 24.1 Å². The average molecular weight is 445 g/mol. The van der Waals surface area contributed by atoms with Gasteiger partial charge in [0.05, 0.1) is 24.0 Å². The van der Waals surface area contributed by atoms with Gasteiger partial charge < -0.3 is 14.2 Å². The van der Waals surface area contributed by atoms with Gasteiger partial charge in [-0.15, -0.1) is 0 Å². The van der Waals surface area contributed by atoms with E-state index in [2.05, 4.69) is 25.1 Å². The molecule has 0 aliphatic carbocycles. The summed E-state index contributed by atoms with van der Waals surface area (Å²) in [6, 6.07) is 13.9. The maximum absolute atomic E-state index is 14.0. The molecule has 3 atom stereocenters. The molecule has 2 aliphatic heterocycles. The maximum Gasteiger partial charge on any atom is 0.213 e. The Labute approximate surface area is 188 Å². The van der Waals surface area contributed by atoms with E-state index in [1.165, 1.54) is 6.07 Å². The molecule has 2 aliphatic rings. The summed E-state index contributed by atoms with van der Waals surface area (Å²) in [5, 5.41) is 6.98. The highest BCUT2D eigenvalue weighted by atomic mass is 19.1. The first kappa shape index (κ1) is 20.0. The number of rotatable bonds is 5. The summed E-state index contributed by atoms with van der Waals surface area (Å²) in [6.45, 7) is 1.23. The van der Waals surface area contributed by atoms with E-state index in [1.54, 1.807) is 30.6 Å². The van der Waals surface area contributed by atoms with E-state index >= 15 is 0 Å². The van der Waals surface area contributed by atoms with Crippen molar-refractivity contribution in [2.75, 3.05) is 13.2 Å². The van der Waals surface area contributed by atoms with Gasteiger partial charge in [-0.3, -0.25) is 10.1 Å². The summed E-state index contributed by atoms with van der Waals surface area (Å²) < 4.78 is 31.4. The molecule has 4 aromatic rings. The Morgan fingerprint density at radius 2 is 1.85 bits per heavy atom. The van der Waals surface area contributed by atoms with Crippen molar-refractivity contribution < 1.29 is 18.6 Å². The second-order valence-corrected chi connectivity index (χ2v) is 7.96. The van der Waals surface area contributed by atoms with Gasteiger partial charge in [0.25, 0.3) is 0 Å². The second kappa shape index (κ2) is 8.34. The number of ether oxygens (including phenoxy) is 3. The molecule has 0 unspecified atom stereocenters. The molecular formula is C24H20FN5O3. The van der Waals surface area contributed by atoms with Crippen molar-refractivity contribution in [3.05, 3.63) is 66.7 Å². The lowest BCUT2D eigenvalue weighted by Gasteiger charge is -2.17. The Kier molecular flexibility index (Phi) is 5.04. The minimum Gasteiger partial charge on any atom is -0.469 e. The minimum absolute atomic E-state index is 0.0183. The minimum atomic E-state index is -0.357. The number of halogens is 1. The molecule has 9 heteroatoms. The monoisotopic (exact) mass is 445 g/mol. The van der Waals surface area contributed by atoms with Gasteiger partial charge in [0.1, 0.15) is 11.9 Å². The normalized spacial score (nSPS) is 21.8. The van der Waals surface area contributed by atoms with E-state index in [1.807, 2.05) is 24.3 Å². The summed E-state index contributed by atoms with van der Waals surface area (Å²) >= 11 is 0. The van der Waals surface area contributed by atoms with Crippen LogP contribution in [0.25, 0.3) is 34.0 Å². The van der Waals surface area contributed by atoms with Crippen molar-refractivity contribution in [3.63, 3.8) is 0 Å². The van der Waals surface area contributed by atoms with Gasteiger partial charge in [0, 0.05) is 36.2 Å². The van der Waals surface area contributed by atoms with Crippen LogP contribution in [0.3, 0.4) is 0 Å². The van der Waals surface area contributed by atoms with Crippen LogP contribution in [-0.2, 0) is 9.47 Å². The number of fused-ring (bicyclic) bond motifs is 1. The topological polar surface area (TPSA) is 95.0 Å². The third kappa shape index (κ3) is 3.85. The lowest BCUT2D eigenvalue weighted by molar-refractivity contribution is 0.0289. The van der Waals surface area contributed by atoms with Crippen LogP contribution in [0.4, 0.5) is 4.39 Å². The first-order chi connectivity index (χ1) is 16.2. The summed E-state index contributed by atoms with van der Waals surface area (Å²) in [5.41, 5.74) is 2.70. The molecule has 1 aromatic carbocycles. The molecule has 6 rings (SSSR count). The van der Waals surface area contributed by atoms with E-state index in [0.29, 0.717) is 36.3 Å². The quantitative estimate of drug-likeness (QED) is 0.501. The average Bonchev–Trinajstić information content (AvgIpc) is 3.59. The number of hydrogen-bond donors (Lipinski definition) is 1. The van der Waals surface area contributed by atoms with E-state index in [9.17, 15) is 4.39 Å². The molecule has 2 saturated heterocycles. The molecule has 166 valence electrons. The SMILES string of the molecule is Fc1ccccc1-c1nc(-c2ccc(-c3ccc(O[C@H]4CO[C@@H]5CCO[C@H]45)nc3)nc2)n[nH]1. The summed E-state index contributed by atoms with van der Waals surface area (Å²) in [6.07, 6.45) is 4.30. The van der Waals surface area contributed by atoms with Crippen molar-refractivity contribution in [3.8, 4) is 39.9 Å². The van der Waals surface area contributed by atoms with Gasteiger partial charge in [0.15, 0.2) is 17.8 Å². The lowest BCUT2D eigenvalue weighted by atomic mass is 10.1. The fourth-order valence-corrected chi connectivity index (χ4v) is 4.15. The Hall–Kier alpha value is -3.69. The molecule has 0 saturated carbocycles. The first-order valence-electron chi connectivity index (χ1n) is 10.7. The Morgan fingerprint density at radius 3 is 2.67 bits per heavy atom. The molecule has 1 N–H and O–H groups in total. The molecule has 0 radical (unpaired) electrons. The van der Waals surface area contributed by atoms with Crippen molar-refractivity contribution >= 4 is 0 Å². The Balaban J connectivity index is 1.15. The van der Waals surface area contributed by atoms with Gasteiger partial charge in [-0.25, -0.2) is 14.4 Å². The molecule has 8 nitrogen and oxygen atoms in total. The van der Waals surface area contributed by atoms with Crippen molar-refractivity contribution in [1.29, 1.82) is 0 Å². The van der Waals surface area contributed by atoms with E-state index in [4.69, 9.17) is 14.2 Å². The van der Waals surface area contributed by atoms with Crippen LogP contribution < -0.4 is 4.74 Å². The zero-order valence-electron chi connectivity index (χ0n) is 17.5. The van der Waals surface area contributed by atoms with Gasteiger partial charge in [0.2, 0.25) is 5.88 Å². The van der Waals surface area contributed by atoms with E-state index in [0.717, 1.165) is 23.2 Å². The summed E-state index contributed by atoms with van der Waals surface area (Å²) in [5.74, 6) is 0.987. The van der Waals surface area contributed by atoms with Gasteiger partial charge in [-0.2, -0.15) is 5.10 Å². The van der Waals surface area contributed by atoms with Crippen LogP contribution in [0, 0.1) is 5.82 Å². The second-order valence-electron chi connectivity index (χ2n) is 7.96. The van der Waals surface area contributed by atoms with Crippen molar-refractivity contribution in [2.45, 2.75) is 24.7 Å². The molecule has 0 spiro atoms. The maximum atomic E-state index is 14.0. The van der Waals surface area contributed by atoms with Crippen LogP contribution in [0.15, 0.2) is 60.9 Å². The van der Waals surface area contributed by atoms with Crippen molar-refractivity contribution in [1.82, 2.24) is 25.1 Å². The zero-order valence-corrected chi connectivity index (χ0v) is 17.5. The van der Waals surface area contributed by atoms with Crippen molar-refractivity contribution in [2.24, 2.45) is 0 Å². The zero-order chi connectivity index (χ0) is 22.2. The fraction of sp³-hybridized carbons (Fsp3) is 0.250. The third-order valence-corrected chi connectivity index (χ3v) is 5.86. The number of H-pyrrole nitrogens is 1. The first-order valence-corrected chi connectivity index (χ1v) is 10.7. The Bertz CT molecular complexity index is 1260. The standard InChI is InChI=1S/C24H20FN5O3/c25-17-4-2-1-3-16(17)24-28-23(29-30-24)15-5-7-18(26-12-15)14-6-8-21(27-11-14)33-20-13-32-19-9-10-31-22(19)20/h1-8,11-12,19-20,22H,9-10,13H2,(H,28,29,30)/t19-,20+,22+/m1/s1. The number of aromatic amines is 1.